The third kappa shape index (κ3) is 2.62. The molecule has 4 aromatic rings. The quantitative estimate of drug-likeness (QED) is 0.501. The normalized spacial score (nSPS) is 11.0. The maximum Gasteiger partial charge on any atom is 0.126 e. The molecule has 2 heteroatoms. The molecule has 0 saturated carbocycles. The molecule has 0 fully saturated rings. The lowest BCUT2D eigenvalue weighted by Crippen LogP contribution is -1.92. The molecule has 0 saturated heterocycles. The maximum absolute atomic E-state index is 10.6. The van der Waals surface area contributed by atoms with Crippen molar-refractivity contribution in [1.82, 2.24) is 0 Å². The van der Waals surface area contributed by atoms with E-state index in [-0.39, 0.29) is 0 Å². The zero-order valence-corrected chi connectivity index (χ0v) is 13.4. The number of fused-ring (bicyclic) bond motifs is 1. The number of hydrogen-bond acceptors (Lipinski definition) is 2. The molecular formula is C21H16OS. The summed E-state index contributed by atoms with van der Waals surface area (Å²) < 4.78 is 0. The van der Waals surface area contributed by atoms with Gasteiger partial charge in [0.15, 0.2) is 0 Å². The summed E-state index contributed by atoms with van der Waals surface area (Å²) >= 11 is 1.74. The highest BCUT2D eigenvalue weighted by Crippen LogP contribution is 2.33. The topological polar surface area (TPSA) is 20.2 Å². The molecule has 112 valence electrons. The van der Waals surface area contributed by atoms with Crippen molar-refractivity contribution in [1.29, 1.82) is 0 Å². The molecular weight excluding hydrogens is 300 g/mol. The van der Waals surface area contributed by atoms with Crippen LogP contribution in [0.2, 0.25) is 0 Å². The molecule has 23 heavy (non-hydrogen) atoms. The Labute approximate surface area is 139 Å². The van der Waals surface area contributed by atoms with Crippen molar-refractivity contribution in [2.45, 2.75) is 6.42 Å². The van der Waals surface area contributed by atoms with Crippen LogP contribution in [0.1, 0.15) is 11.1 Å². The van der Waals surface area contributed by atoms with Crippen LogP contribution in [0.4, 0.5) is 0 Å². The standard InChI is InChI=1S/C21H16OS/c22-21-17(12-11-15-6-1-4-9-19(15)21)14-16-7-2-3-8-18(16)20-10-5-13-23-20/h1-13,22H,14H2. The predicted molar refractivity (Wildman–Crippen MR) is 98.2 cm³/mol. The third-order valence-corrected chi connectivity index (χ3v) is 5.07. The Kier molecular flexibility index (Phi) is 3.60. The summed E-state index contributed by atoms with van der Waals surface area (Å²) in [6.45, 7) is 0. The molecule has 3 aromatic carbocycles. The van der Waals surface area contributed by atoms with Crippen LogP contribution in [0.15, 0.2) is 78.2 Å². The van der Waals surface area contributed by atoms with Crippen LogP contribution in [-0.2, 0) is 6.42 Å². The van der Waals surface area contributed by atoms with Gasteiger partial charge in [-0.1, -0.05) is 66.7 Å². The Balaban J connectivity index is 1.79. The van der Waals surface area contributed by atoms with Gasteiger partial charge in [0.05, 0.1) is 0 Å². The minimum absolute atomic E-state index is 0.393. The van der Waals surface area contributed by atoms with Crippen molar-refractivity contribution in [3.8, 4) is 16.2 Å². The van der Waals surface area contributed by atoms with Gasteiger partial charge in [-0.25, -0.2) is 0 Å². The van der Waals surface area contributed by atoms with Gasteiger partial charge >= 0.3 is 0 Å². The number of phenols is 1. The highest BCUT2D eigenvalue weighted by molar-refractivity contribution is 7.13. The van der Waals surface area contributed by atoms with Crippen LogP contribution in [0, 0.1) is 0 Å². The van der Waals surface area contributed by atoms with Gasteiger partial charge in [-0.2, -0.15) is 0 Å². The Morgan fingerprint density at radius 3 is 2.43 bits per heavy atom. The smallest absolute Gasteiger partial charge is 0.126 e. The Hall–Kier alpha value is -2.58. The van der Waals surface area contributed by atoms with Gasteiger partial charge in [0.25, 0.3) is 0 Å². The van der Waals surface area contributed by atoms with E-state index in [1.54, 1.807) is 11.3 Å². The largest absolute Gasteiger partial charge is 0.507 e. The van der Waals surface area contributed by atoms with Gasteiger partial charge < -0.3 is 5.11 Å². The summed E-state index contributed by atoms with van der Waals surface area (Å²) in [5, 5.41) is 14.7. The first-order chi connectivity index (χ1) is 11.3. The van der Waals surface area contributed by atoms with E-state index in [9.17, 15) is 5.11 Å². The monoisotopic (exact) mass is 316 g/mol. The second-order valence-corrected chi connectivity index (χ2v) is 6.55. The summed E-state index contributed by atoms with van der Waals surface area (Å²) in [5.41, 5.74) is 3.45. The lowest BCUT2D eigenvalue weighted by Gasteiger charge is -2.11. The van der Waals surface area contributed by atoms with Crippen molar-refractivity contribution in [3.63, 3.8) is 0 Å². The average Bonchev–Trinajstić information content (AvgIpc) is 3.12. The summed E-state index contributed by atoms with van der Waals surface area (Å²) in [6, 6.07) is 24.7. The highest BCUT2D eigenvalue weighted by Gasteiger charge is 2.10. The van der Waals surface area contributed by atoms with Crippen LogP contribution in [0.25, 0.3) is 21.2 Å². The van der Waals surface area contributed by atoms with Gasteiger partial charge in [0, 0.05) is 16.7 Å². The van der Waals surface area contributed by atoms with E-state index in [0.29, 0.717) is 5.75 Å². The molecule has 0 atom stereocenters. The second kappa shape index (κ2) is 5.90. The van der Waals surface area contributed by atoms with E-state index in [0.717, 1.165) is 22.8 Å². The van der Waals surface area contributed by atoms with Crippen LogP contribution in [-0.4, -0.2) is 5.11 Å². The number of hydrogen-bond donors (Lipinski definition) is 1. The van der Waals surface area contributed by atoms with E-state index in [4.69, 9.17) is 0 Å². The van der Waals surface area contributed by atoms with Gasteiger partial charge in [-0.15, -0.1) is 11.3 Å². The number of benzene rings is 3. The van der Waals surface area contributed by atoms with Gasteiger partial charge in [0.2, 0.25) is 0 Å². The van der Waals surface area contributed by atoms with Crippen molar-refractivity contribution in [2.75, 3.05) is 0 Å². The van der Waals surface area contributed by atoms with Crippen molar-refractivity contribution in [2.24, 2.45) is 0 Å². The van der Waals surface area contributed by atoms with Gasteiger partial charge in [0.1, 0.15) is 5.75 Å². The fraction of sp³-hybridized carbons (Fsp3) is 0.0476. The Morgan fingerprint density at radius 2 is 1.57 bits per heavy atom. The number of aromatic hydroxyl groups is 1. The minimum Gasteiger partial charge on any atom is -0.507 e. The molecule has 0 unspecified atom stereocenters. The van der Waals surface area contributed by atoms with Crippen molar-refractivity contribution in [3.05, 3.63) is 89.3 Å². The van der Waals surface area contributed by atoms with E-state index >= 15 is 0 Å². The zero-order valence-electron chi connectivity index (χ0n) is 12.6. The second-order valence-electron chi connectivity index (χ2n) is 5.61. The summed E-state index contributed by atoms with van der Waals surface area (Å²) in [4.78, 5) is 1.26. The highest BCUT2D eigenvalue weighted by atomic mass is 32.1. The van der Waals surface area contributed by atoms with E-state index < -0.39 is 0 Å². The minimum atomic E-state index is 0.393. The van der Waals surface area contributed by atoms with Crippen LogP contribution in [0.3, 0.4) is 0 Å². The van der Waals surface area contributed by atoms with Gasteiger partial charge in [-0.05, 0) is 33.5 Å². The maximum atomic E-state index is 10.6. The van der Waals surface area contributed by atoms with E-state index in [1.165, 1.54) is 16.0 Å². The zero-order chi connectivity index (χ0) is 15.6. The van der Waals surface area contributed by atoms with Crippen LogP contribution >= 0.6 is 11.3 Å². The SMILES string of the molecule is Oc1c(Cc2ccccc2-c2cccs2)ccc2ccccc12. The first kappa shape index (κ1) is 14.0. The van der Waals surface area contributed by atoms with Crippen molar-refractivity contribution >= 4 is 22.1 Å². The predicted octanol–water partition coefficient (Wildman–Crippen LogP) is 5.86. The molecule has 0 aliphatic rings. The molecule has 0 aliphatic heterocycles. The summed E-state index contributed by atoms with van der Waals surface area (Å²) in [5.74, 6) is 0.393. The fourth-order valence-corrected chi connectivity index (χ4v) is 3.78. The molecule has 0 spiro atoms. The van der Waals surface area contributed by atoms with E-state index in [1.807, 2.05) is 30.3 Å². The summed E-state index contributed by atoms with van der Waals surface area (Å²) in [7, 11) is 0. The molecule has 1 N–H and O–H groups in total. The molecule has 1 heterocycles. The first-order valence-electron chi connectivity index (χ1n) is 7.64. The molecule has 1 nitrogen and oxygen atoms in total. The molecule has 1 aromatic heterocycles. The lowest BCUT2D eigenvalue weighted by molar-refractivity contribution is 0.476. The Morgan fingerprint density at radius 1 is 0.739 bits per heavy atom. The average molecular weight is 316 g/mol. The van der Waals surface area contributed by atoms with Gasteiger partial charge in [-0.3, -0.25) is 0 Å². The Bertz CT molecular complexity index is 955. The number of thiophene rings is 1. The fourth-order valence-electron chi connectivity index (χ4n) is 2.99. The van der Waals surface area contributed by atoms with Crippen LogP contribution in [0.5, 0.6) is 5.75 Å². The molecule has 4 rings (SSSR count). The number of phenolic OH excluding ortho intramolecular Hbond substituents is 1. The van der Waals surface area contributed by atoms with E-state index in [2.05, 4.69) is 47.8 Å². The lowest BCUT2D eigenvalue weighted by atomic mass is 9.96. The van der Waals surface area contributed by atoms with Crippen LogP contribution < -0.4 is 0 Å². The van der Waals surface area contributed by atoms with Crippen molar-refractivity contribution < 1.29 is 5.11 Å². The number of rotatable bonds is 3. The third-order valence-electron chi connectivity index (χ3n) is 4.17. The molecule has 0 bridgehead atoms. The molecule has 0 amide bonds. The first-order valence-corrected chi connectivity index (χ1v) is 8.52. The molecule has 0 radical (unpaired) electrons. The summed E-state index contributed by atoms with van der Waals surface area (Å²) in [6.07, 6.45) is 0.727. The molecule has 0 aliphatic carbocycles.